The summed E-state index contributed by atoms with van der Waals surface area (Å²) < 4.78 is 2.36. The van der Waals surface area contributed by atoms with E-state index < -0.39 is 0 Å². The third-order valence-corrected chi connectivity index (χ3v) is 10.7. The molecule has 3 atom stereocenters. The van der Waals surface area contributed by atoms with Gasteiger partial charge in [0, 0.05) is 42.8 Å². The molecule has 3 unspecified atom stereocenters. The van der Waals surface area contributed by atoms with Crippen molar-refractivity contribution in [3.63, 3.8) is 0 Å². The van der Waals surface area contributed by atoms with Crippen LogP contribution in [0.1, 0.15) is 39.9 Å². The summed E-state index contributed by atoms with van der Waals surface area (Å²) in [4.78, 5) is 12.9. The molecule has 1 saturated heterocycles. The van der Waals surface area contributed by atoms with Crippen LogP contribution >= 0.6 is 0 Å². The third kappa shape index (κ3) is 5.69. The smallest absolute Gasteiger partial charge is 0.146 e. The van der Waals surface area contributed by atoms with E-state index in [0.717, 1.165) is 75.9 Å². The van der Waals surface area contributed by atoms with Crippen LogP contribution in [0.5, 0.6) is 0 Å². The van der Waals surface area contributed by atoms with Crippen molar-refractivity contribution in [3.05, 3.63) is 186 Å². The quantitative estimate of drug-likeness (QED) is 0.123. The Morgan fingerprint density at radius 3 is 2.21 bits per heavy atom. The lowest BCUT2D eigenvalue weighted by molar-refractivity contribution is 0.549. The van der Waals surface area contributed by atoms with Crippen molar-refractivity contribution >= 4 is 39.5 Å². The van der Waals surface area contributed by atoms with Gasteiger partial charge in [-0.05, 0) is 56.5 Å². The van der Waals surface area contributed by atoms with Crippen molar-refractivity contribution in [1.82, 2.24) is 19.8 Å². The Bertz CT molecular complexity index is 2610. The first-order valence-electron chi connectivity index (χ1n) is 18.3. The monoisotopic (exact) mass is 686 g/mol. The van der Waals surface area contributed by atoms with E-state index in [2.05, 4.69) is 130 Å². The number of dihydropyridines is 1. The highest BCUT2D eigenvalue weighted by molar-refractivity contribution is 6.10. The average molecular weight is 687 g/mol. The summed E-state index contributed by atoms with van der Waals surface area (Å²) in [6.45, 7) is 2.91. The molecule has 0 saturated carbocycles. The van der Waals surface area contributed by atoms with Crippen molar-refractivity contribution in [2.75, 3.05) is 13.1 Å². The fourth-order valence-corrected chi connectivity index (χ4v) is 7.98. The molecule has 0 radical (unpaired) electrons. The molecule has 6 nitrogen and oxygen atoms in total. The van der Waals surface area contributed by atoms with Crippen LogP contribution in [-0.2, 0) is 6.54 Å². The van der Waals surface area contributed by atoms with Gasteiger partial charge in [-0.2, -0.15) is 0 Å². The fraction of sp³-hybridized carbons (Fsp3) is 0.106. The lowest BCUT2D eigenvalue weighted by atomic mass is 9.96. The Morgan fingerprint density at radius 2 is 1.47 bits per heavy atom. The minimum atomic E-state index is -0.284. The van der Waals surface area contributed by atoms with Crippen molar-refractivity contribution in [3.8, 4) is 22.5 Å². The number of rotatable bonds is 8. The fourth-order valence-electron chi connectivity index (χ4n) is 7.98. The summed E-state index contributed by atoms with van der Waals surface area (Å²) >= 11 is 0. The van der Waals surface area contributed by atoms with Crippen LogP contribution in [0, 0.1) is 0 Å². The number of imidazole rings is 1. The van der Waals surface area contributed by atoms with E-state index in [0.29, 0.717) is 6.04 Å². The summed E-state index contributed by atoms with van der Waals surface area (Å²) in [6.07, 6.45) is 10.4. The molecule has 4 heterocycles. The first-order valence-corrected chi connectivity index (χ1v) is 18.3. The number of aromatic nitrogens is 2. The standard InChI is InChI=1S/C47H38N6/c48-40(34-13-5-2-6-14-34)27-41(50-28-31-11-3-1-4-12-31)35-22-18-32(19-23-35)33-20-24-36(25-21-33)47-51-45-38-16-8-7-15-37(38)44-39(29-52-30-42(44)52)46(45)53(47)43-17-9-10-26-49-43/h1-25,27-28,40,42,49H,26,29-30,48H2/b41-27-,50-28+. The molecule has 7 aromatic rings. The van der Waals surface area contributed by atoms with Gasteiger partial charge < -0.3 is 11.1 Å². The Kier molecular flexibility index (Phi) is 7.71. The van der Waals surface area contributed by atoms with Crippen LogP contribution in [0.3, 0.4) is 0 Å². The molecule has 53 heavy (non-hydrogen) atoms. The number of allylic oxidation sites excluding steroid dienone is 2. The number of nitrogens with two attached hydrogens (primary N) is 1. The number of benzene rings is 6. The normalized spacial score (nSPS) is 18.2. The highest BCUT2D eigenvalue weighted by atomic mass is 15.3. The molecule has 0 bridgehead atoms. The second-order valence-corrected chi connectivity index (χ2v) is 14.0. The van der Waals surface area contributed by atoms with Gasteiger partial charge in [0.15, 0.2) is 0 Å². The van der Waals surface area contributed by atoms with Crippen LogP contribution in [0.2, 0.25) is 0 Å². The second-order valence-electron chi connectivity index (χ2n) is 14.0. The Balaban J connectivity index is 1.01. The highest BCUT2D eigenvalue weighted by Gasteiger charge is 2.45. The minimum Gasteiger partial charge on any atom is -0.368 e. The van der Waals surface area contributed by atoms with E-state index in [1.807, 2.05) is 48.7 Å². The molecule has 0 spiro atoms. The van der Waals surface area contributed by atoms with Crippen LogP contribution in [0.15, 0.2) is 163 Å². The van der Waals surface area contributed by atoms with Gasteiger partial charge in [-0.15, -0.1) is 0 Å². The molecule has 0 aliphatic carbocycles. The molecule has 10 rings (SSSR count). The minimum absolute atomic E-state index is 0.284. The predicted molar refractivity (Wildman–Crippen MR) is 218 cm³/mol. The van der Waals surface area contributed by atoms with Crippen molar-refractivity contribution < 1.29 is 0 Å². The zero-order valence-corrected chi connectivity index (χ0v) is 29.2. The van der Waals surface area contributed by atoms with E-state index in [-0.39, 0.29) is 6.04 Å². The summed E-state index contributed by atoms with van der Waals surface area (Å²) in [5.74, 6) is 2.01. The van der Waals surface area contributed by atoms with E-state index in [1.165, 1.54) is 27.4 Å². The van der Waals surface area contributed by atoms with Crippen LogP contribution < -0.4 is 11.1 Å². The van der Waals surface area contributed by atoms with Crippen LogP contribution in [0.25, 0.3) is 55.8 Å². The van der Waals surface area contributed by atoms with Crippen LogP contribution in [-0.4, -0.2) is 33.8 Å². The zero-order valence-electron chi connectivity index (χ0n) is 29.2. The van der Waals surface area contributed by atoms with E-state index in [4.69, 9.17) is 15.7 Å². The first kappa shape index (κ1) is 31.4. The topological polar surface area (TPSA) is 71.2 Å². The molecule has 1 fully saturated rings. The van der Waals surface area contributed by atoms with Gasteiger partial charge >= 0.3 is 0 Å². The van der Waals surface area contributed by atoms with Crippen molar-refractivity contribution in [2.45, 2.75) is 18.6 Å². The maximum atomic E-state index is 6.66. The third-order valence-electron chi connectivity index (χ3n) is 10.7. The van der Waals surface area contributed by atoms with Gasteiger partial charge in [0.1, 0.15) is 11.6 Å². The van der Waals surface area contributed by atoms with Gasteiger partial charge in [0.05, 0.1) is 22.8 Å². The number of fused-ring (bicyclic) bond motifs is 8. The largest absolute Gasteiger partial charge is 0.368 e. The number of hydrogen-bond donors (Lipinski definition) is 2. The molecular weight excluding hydrogens is 649 g/mol. The predicted octanol–water partition coefficient (Wildman–Crippen LogP) is 9.51. The maximum absolute atomic E-state index is 6.66. The molecular formula is C47H38N6. The summed E-state index contributed by atoms with van der Waals surface area (Å²) in [5, 5.41) is 6.20. The Hall–Kier alpha value is -6.34. The Labute approximate surface area is 308 Å². The van der Waals surface area contributed by atoms with Gasteiger partial charge in [-0.1, -0.05) is 146 Å². The van der Waals surface area contributed by atoms with Gasteiger partial charge in [-0.25, -0.2) is 4.98 Å². The van der Waals surface area contributed by atoms with Crippen molar-refractivity contribution in [1.29, 1.82) is 0 Å². The second kappa shape index (κ2) is 13.0. The maximum Gasteiger partial charge on any atom is 0.146 e. The van der Waals surface area contributed by atoms with Gasteiger partial charge in [0.25, 0.3) is 0 Å². The lowest BCUT2D eigenvalue weighted by Gasteiger charge is -2.19. The Morgan fingerprint density at radius 1 is 0.792 bits per heavy atom. The summed E-state index contributed by atoms with van der Waals surface area (Å²) in [7, 11) is 0. The average Bonchev–Trinajstić information content (AvgIpc) is 3.70. The molecule has 3 N–H and O–H groups in total. The summed E-state index contributed by atoms with van der Waals surface area (Å²) in [6, 6.07) is 46.8. The zero-order chi connectivity index (χ0) is 35.3. The SMILES string of the molecule is NC(/C=C(\N=C\c1ccccc1)c1ccc(-c2ccc(-c3nc4c5ccccc5c5c(c4n3C3=CC=CCN3)CN3CC53)cc2)cc1)c1ccccc1. The highest BCUT2D eigenvalue weighted by Crippen LogP contribution is 2.51. The molecule has 6 aromatic carbocycles. The number of aliphatic imine (C=N–C) groups is 1. The van der Waals surface area contributed by atoms with E-state index in [9.17, 15) is 0 Å². The lowest BCUT2D eigenvalue weighted by Crippen LogP contribution is -2.20. The van der Waals surface area contributed by atoms with Gasteiger partial charge in [-0.3, -0.25) is 14.5 Å². The molecule has 1 aromatic heterocycles. The van der Waals surface area contributed by atoms with Gasteiger partial charge in [0.2, 0.25) is 0 Å². The first-order chi connectivity index (χ1) is 26.2. The summed E-state index contributed by atoms with van der Waals surface area (Å²) in [5.41, 5.74) is 19.1. The number of hydrogen-bond acceptors (Lipinski definition) is 5. The van der Waals surface area contributed by atoms with Crippen molar-refractivity contribution in [2.24, 2.45) is 10.7 Å². The molecule has 256 valence electrons. The number of nitrogens with one attached hydrogen (secondary N) is 1. The molecule has 6 heteroatoms. The number of nitrogens with zero attached hydrogens (tertiary/aromatic N) is 4. The van der Waals surface area contributed by atoms with E-state index >= 15 is 0 Å². The molecule has 3 aliphatic heterocycles. The van der Waals surface area contributed by atoms with E-state index in [1.54, 1.807) is 0 Å². The molecule has 3 aliphatic rings. The van der Waals surface area contributed by atoms with Crippen LogP contribution in [0.4, 0.5) is 0 Å². The molecule has 0 amide bonds.